The number of alkyl halides is 3. The molecule has 22 heavy (non-hydrogen) atoms. The van der Waals surface area contributed by atoms with E-state index in [2.05, 4.69) is 13.8 Å². The summed E-state index contributed by atoms with van der Waals surface area (Å²) in [4.78, 5) is 14.1. The van der Waals surface area contributed by atoms with Crippen molar-refractivity contribution in [2.45, 2.75) is 39.3 Å². The number of benzene rings is 1. The second-order valence-electron chi connectivity index (χ2n) is 6.44. The number of rotatable bonds is 3. The first-order valence-corrected chi connectivity index (χ1v) is 7.74. The standard InChI is InChI=1S/C17H22F3NO/c1-12(2)11-13-7-9-21(10-8-13)16(22)14-3-5-15(6-4-14)17(18,19)20/h3-6,12-13H,7-11H2,1-2H3. The normalized spacial score (nSPS) is 17.1. The molecule has 0 aliphatic carbocycles. The predicted octanol–water partition coefficient (Wildman–Crippen LogP) is 4.60. The molecule has 1 aromatic carbocycles. The minimum absolute atomic E-state index is 0.170. The molecule has 1 aliphatic heterocycles. The van der Waals surface area contributed by atoms with Crippen LogP contribution >= 0.6 is 0 Å². The molecule has 0 radical (unpaired) electrons. The third kappa shape index (κ3) is 4.24. The van der Waals surface area contributed by atoms with E-state index in [1.54, 1.807) is 4.90 Å². The Morgan fingerprint density at radius 3 is 2.18 bits per heavy atom. The maximum Gasteiger partial charge on any atom is 0.416 e. The maximum atomic E-state index is 12.5. The highest BCUT2D eigenvalue weighted by Crippen LogP contribution is 2.30. The van der Waals surface area contributed by atoms with Gasteiger partial charge in [-0.1, -0.05) is 13.8 Å². The number of piperidine rings is 1. The van der Waals surface area contributed by atoms with Crippen molar-refractivity contribution in [1.29, 1.82) is 0 Å². The number of halogens is 3. The molecule has 5 heteroatoms. The van der Waals surface area contributed by atoms with Crippen LogP contribution in [-0.4, -0.2) is 23.9 Å². The van der Waals surface area contributed by atoms with E-state index in [9.17, 15) is 18.0 Å². The van der Waals surface area contributed by atoms with E-state index in [1.807, 2.05) is 0 Å². The van der Waals surface area contributed by atoms with Crippen molar-refractivity contribution in [2.75, 3.05) is 13.1 Å². The van der Waals surface area contributed by atoms with E-state index in [-0.39, 0.29) is 5.91 Å². The number of likely N-dealkylation sites (tertiary alicyclic amines) is 1. The first-order chi connectivity index (χ1) is 10.3. The summed E-state index contributed by atoms with van der Waals surface area (Å²) in [7, 11) is 0. The molecule has 0 aromatic heterocycles. The molecule has 0 atom stereocenters. The van der Waals surface area contributed by atoms with Crippen molar-refractivity contribution in [2.24, 2.45) is 11.8 Å². The Labute approximate surface area is 129 Å². The SMILES string of the molecule is CC(C)CC1CCN(C(=O)c2ccc(C(F)(F)F)cc2)CC1. The Morgan fingerprint density at radius 2 is 1.73 bits per heavy atom. The fraction of sp³-hybridized carbons (Fsp3) is 0.588. The van der Waals surface area contributed by atoms with Crippen LogP contribution in [0.1, 0.15) is 49.0 Å². The Bertz CT molecular complexity index is 500. The molecule has 1 fully saturated rings. The van der Waals surface area contributed by atoms with Crippen molar-refractivity contribution in [3.63, 3.8) is 0 Å². The summed E-state index contributed by atoms with van der Waals surface area (Å²) in [5.41, 5.74) is -0.394. The molecule has 0 saturated carbocycles. The molecule has 2 rings (SSSR count). The second-order valence-corrected chi connectivity index (χ2v) is 6.44. The number of carbonyl (C=O) groups is 1. The number of amides is 1. The van der Waals surface area contributed by atoms with Gasteiger partial charge in [0.2, 0.25) is 0 Å². The quantitative estimate of drug-likeness (QED) is 0.798. The minimum atomic E-state index is -4.36. The number of nitrogens with zero attached hydrogens (tertiary/aromatic N) is 1. The van der Waals surface area contributed by atoms with E-state index >= 15 is 0 Å². The van der Waals surface area contributed by atoms with E-state index < -0.39 is 11.7 Å². The molecule has 122 valence electrons. The van der Waals surface area contributed by atoms with Gasteiger partial charge in [-0.05, 0) is 55.4 Å². The number of hydrogen-bond acceptors (Lipinski definition) is 1. The van der Waals surface area contributed by atoms with E-state index in [1.165, 1.54) is 18.6 Å². The topological polar surface area (TPSA) is 20.3 Å². The molecule has 0 N–H and O–H groups in total. The highest BCUT2D eigenvalue weighted by molar-refractivity contribution is 5.94. The molecular formula is C17H22F3NO. The smallest absolute Gasteiger partial charge is 0.339 e. The molecule has 1 amide bonds. The van der Waals surface area contributed by atoms with Crippen LogP contribution in [0.2, 0.25) is 0 Å². The summed E-state index contributed by atoms with van der Waals surface area (Å²) < 4.78 is 37.6. The molecule has 1 heterocycles. The summed E-state index contributed by atoms with van der Waals surface area (Å²) in [6.07, 6.45) is -1.24. The van der Waals surface area contributed by atoms with Gasteiger partial charge in [0.15, 0.2) is 0 Å². The Balaban J connectivity index is 1.95. The van der Waals surface area contributed by atoms with Crippen LogP contribution < -0.4 is 0 Å². The fourth-order valence-electron chi connectivity index (χ4n) is 3.02. The zero-order valence-electron chi connectivity index (χ0n) is 13.0. The predicted molar refractivity (Wildman–Crippen MR) is 79.5 cm³/mol. The highest BCUT2D eigenvalue weighted by Gasteiger charge is 2.30. The zero-order chi connectivity index (χ0) is 16.3. The van der Waals surface area contributed by atoms with E-state index in [4.69, 9.17) is 0 Å². The van der Waals surface area contributed by atoms with Crippen molar-refractivity contribution < 1.29 is 18.0 Å². The summed E-state index contributed by atoms with van der Waals surface area (Å²) in [5, 5.41) is 0. The summed E-state index contributed by atoms with van der Waals surface area (Å²) in [6, 6.07) is 4.48. The lowest BCUT2D eigenvalue weighted by Crippen LogP contribution is -2.38. The molecule has 1 aliphatic rings. The average Bonchev–Trinajstić information content (AvgIpc) is 2.46. The van der Waals surface area contributed by atoms with Crippen LogP contribution in [-0.2, 0) is 6.18 Å². The monoisotopic (exact) mass is 313 g/mol. The largest absolute Gasteiger partial charge is 0.416 e. The van der Waals surface area contributed by atoms with Crippen LogP contribution in [0.15, 0.2) is 24.3 Å². The second kappa shape index (κ2) is 6.71. The summed E-state index contributed by atoms with van der Waals surface area (Å²) >= 11 is 0. The zero-order valence-corrected chi connectivity index (χ0v) is 13.0. The maximum absolute atomic E-state index is 12.5. The van der Waals surface area contributed by atoms with Crippen molar-refractivity contribution in [1.82, 2.24) is 4.90 Å². The van der Waals surface area contributed by atoms with Gasteiger partial charge in [0.1, 0.15) is 0 Å². The molecule has 1 saturated heterocycles. The third-order valence-electron chi connectivity index (χ3n) is 4.17. The number of carbonyl (C=O) groups excluding carboxylic acids is 1. The first kappa shape index (κ1) is 16.8. The van der Waals surface area contributed by atoms with Crippen LogP contribution in [0, 0.1) is 11.8 Å². The van der Waals surface area contributed by atoms with Gasteiger partial charge in [-0.15, -0.1) is 0 Å². The van der Waals surface area contributed by atoms with Crippen LogP contribution in [0.3, 0.4) is 0 Å². The van der Waals surface area contributed by atoms with Gasteiger partial charge in [-0.25, -0.2) is 0 Å². The summed E-state index contributed by atoms with van der Waals surface area (Å²) in [6.45, 7) is 5.77. The fourth-order valence-corrected chi connectivity index (χ4v) is 3.02. The average molecular weight is 313 g/mol. The van der Waals surface area contributed by atoms with Gasteiger partial charge in [0.05, 0.1) is 5.56 Å². The van der Waals surface area contributed by atoms with Gasteiger partial charge >= 0.3 is 6.18 Å². The third-order valence-corrected chi connectivity index (χ3v) is 4.17. The van der Waals surface area contributed by atoms with Crippen LogP contribution in [0.4, 0.5) is 13.2 Å². The van der Waals surface area contributed by atoms with Gasteiger partial charge in [-0.3, -0.25) is 4.79 Å². The Hall–Kier alpha value is -1.52. The lowest BCUT2D eigenvalue weighted by Gasteiger charge is -2.32. The number of hydrogen-bond donors (Lipinski definition) is 0. The lowest BCUT2D eigenvalue weighted by molar-refractivity contribution is -0.137. The minimum Gasteiger partial charge on any atom is -0.339 e. The van der Waals surface area contributed by atoms with Gasteiger partial charge in [-0.2, -0.15) is 13.2 Å². The first-order valence-electron chi connectivity index (χ1n) is 7.74. The summed E-state index contributed by atoms with van der Waals surface area (Å²) in [5.74, 6) is 1.13. The highest BCUT2D eigenvalue weighted by atomic mass is 19.4. The lowest BCUT2D eigenvalue weighted by atomic mass is 9.88. The molecule has 0 spiro atoms. The van der Waals surface area contributed by atoms with Gasteiger partial charge < -0.3 is 4.90 Å². The Morgan fingerprint density at radius 1 is 1.18 bits per heavy atom. The molecule has 0 bridgehead atoms. The molecular weight excluding hydrogens is 291 g/mol. The molecule has 2 nitrogen and oxygen atoms in total. The van der Waals surface area contributed by atoms with Crippen LogP contribution in [0.5, 0.6) is 0 Å². The van der Waals surface area contributed by atoms with Crippen molar-refractivity contribution in [3.8, 4) is 0 Å². The van der Waals surface area contributed by atoms with Gasteiger partial charge in [0, 0.05) is 18.7 Å². The van der Waals surface area contributed by atoms with E-state index in [0.717, 1.165) is 25.0 Å². The Kier molecular flexibility index (Phi) is 5.14. The van der Waals surface area contributed by atoms with E-state index in [0.29, 0.717) is 30.5 Å². The van der Waals surface area contributed by atoms with Crippen molar-refractivity contribution in [3.05, 3.63) is 35.4 Å². The van der Waals surface area contributed by atoms with Gasteiger partial charge in [0.25, 0.3) is 5.91 Å². The molecule has 1 aromatic rings. The van der Waals surface area contributed by atoms with Crippen molar-refractivity contribution >= 4 is 5.91 Å². The molecule has 0 unspecified atom stereocenters. The van der Waals surface area contributed by atoms with Crippen LogP contribution in [0.25, 0.3) is 0 Å².